The van der Waals surface area contributed by atoms with Gasteiger partial charge in [0.15, 0.2) is 0 Å². The number of hydrogen-bond acceptors (Lipinski definition) is 3. The van der Waals surface area contributed by atoms with Crippen LogP contribution in [0.4, 0.5) is 5.69 Å². The summed E-state index contributed by atoms with van der Waals surface area (Å²) in [6.45, 7) is 9.49. The number of hydrogen-bond donors (Lipinski definition) is 1. The maximum absolute atomic E-state index is 13.2. The van der Waals surface area contributed by atoms with Crippen molar-refractivity contribution in [3.05, 3.63) is 63.7 Å². The van der Waals surface area contributed by atoms with Crippen molar-refractivity contribution >= 4 is 33.2 Å². The smallest absolute Gasteiger partial charge is 0.244 e. The van der Waals surface area contributed by atoms with Gasteiger partial charge in [0, 0.05) is 5.02 Å². The third-order valence-electron chi connectivity index (χ3n) is 5.00. The Kier molecular flexibility index (Phi) is 7.35. The van der Waals surface area contributed by atoms with Gasteiger partial charge in [-0.15, -0.1) is 0 Å². The third kappa shape index (κ3) is 5.52. The number of carbonyl (C=O) groups is 1. The quantitative estimate of drug-likeness (QED) is 0.684. The van der Waals surface area contributed by atoms with E-state index in [1.165, 1.54) is 4.31 Å². The van der Waals surface area contributed by atoms with E-state index in [1.54, 1.807) is 32.0 Å². The molecule has 158 valence electrons. The Labute approximate surface area is 179 Å². The summed E-state index contributed by atoms with van der Waals surface area (Å²) >= 11 is 6.11. The van der Waals surface area contributed by atoms with Gasteiger partial charge in [-0.05, 0) is 62.9 Å². The molecular weight excluding hydrogens is 408 g/mol. The molecule has 1 N–H and O–H groups in total. The zero-order chi connectivity index (χ0) is 21.9. The number of rotatable bonds is 7. The number of carbonyl (C=O) groups excluding carboxylic acids is 1. The van der Waals surface area contributed by atoms with Crippen LogP contribution < -0.4 is 9.62 Å². The van der Waals surface area contributed by atoms with Crippen LogP contribution in [0.3, 0.4) is 0 Å². The van der Waals surface area contributed by atoms with Crippen molar-refractivity contribution in [1.82, 2.24) is 5.32 Å². The van der Waals surface area contributed by atoms with Crippen molar-refractivity contribution in [2.75, 3.05) is 10.6 Å². The second-order valence-corrected chi connectivity index (χ2v) is 9.80. The molecular formula is C22H29ClN2O3S. The number of nitrogens with zero attached hydrogens (tertiary/aromatic N) is 1. The molecule has 0 aliphatic heterocycles. The average Bonchev–Trinajstić information content (AvgIpc) is 2.62. The number of benzene rings is 2. The fourth-order valence-electron chi connectivity index (χ4n) is 3.47. The van der Waals surface area contributed by atoms with E-state index in [0.29, 0.717) is 17.1 Å². The summed E-state index contributed by atoms with van der Waals surface area (Å²) in [7, 11) is -3.72. The molecule has 0 fully saturated rings. The highest BCUT2D eigenvalue weighted by Crippen LogP contribution is 2.29. The van der Waals surface area contributed by atoms with Crippen molar-refractivity contribution in [3.8, 4) is 0 Å². The maximum Gasteiger partial charge on any atom is 0.244 e. The zero-order valence-electron chi connectivity index (χ0n) is 17.8. The summed E-state index contributed by atoms with van der Waals surface area (Å²) in [4.78, 5) is 13.2. The molecule has 7 heteroatoms. The molecule has 0 unspecified atom stereocenters. The van der Waals surface area contributed by atoms with Crippen LogP contribution in [0.15, 0.2) is 36.4 Å². The van der Waals surface area contributed by atoms with Gasteiger partial charge in [0.1, 0.15) is 6.04 Å². The summed E-state index contributed by atoms with van der Waals surface area (Å²) in [6.07, 6.45) is 1.43. The van der Waals surface area contributed by atoms with E-state index in [9.17, 15) is 13.2 Å². The van der Waals surface area contributed by atoms with Gasteiger partial charge in [-0.3, -0.25) is 9.10 Å². The van der Waals surface area contributed by atoms with E-state index in [1.807, 2.05) is 39.0 Å². The molecule has 2 rings (SSSR count). The van der Waals surface area contributed by atoms with Gasteiger partial charge in [0.25, 0.3) is 0 Å². The van der Waals surface area contributed by atoms with Crippen LogP contribution in [-0.2, 0) is 14.8 Å². The lowest BCUT2D eigenvalue weighted by molar-refractivity contribution is -0.122. The fraction of sp³-hybridized carbons (Fsp3) is 0.409. The second kappa shape index (κ2) is 9.18. The molecule has 0 saturated heterocycles. The van der Waals surface area contributed by atoms with Crippen LogP contribution in [0.1, 0.15) is 48.6 Å². The van der Waals surface area contributed by atoms with Crippen LogP contribution in [-0.4, -0.2) is 26.6 Å². The van der Waals surface area contributed by atoms with Crippen molar-refractivity contribution in [2.24, 2.45) is 0 Å². The minimum absolute atomic E-state index is 0.252. The minimum Gasteiger partial charge on any atom is -0.348 e. The van der Waals surface area contributed by atoms with E-state index in [2.05, 4.69) is 5.32 Å². The normalized spacial score (nSPS) is 13.6. The number of aryl methyl sites for hydroxylation is 3. The molecule has 0 aromatic heterocycles. The molecule has 0 saturated carbocycles. The lowest BCUT2D eigenvalue weighted by atomic mass is 9.99. The van der Waals surface area contributed by atoms with Crippen LogP contribution in [0.2, 0.25) is 5.02 Å². The largest absolute Gasteiger partial charge is 0.348 e. The Bertz CT molecular complexity index is 1010. The Morgan fingerprint density at radius 2 is 1.72 bits per heavy atom. The number of halogens is 1. The first-order valence-electron chi connectivity index (χ1n) is 9.58. The molecule has 0 aliphatic carbocycles. The van der Waals surface area contributed by atoms with Crippen LogP contribution in [0.5, 0.6) is 0 Å². The summed E-state index contributed by atoms with van der Waals surface area (Å²) in [5, 5.41) is 3.41. The number of amides is 1. The highest BCUT2D eigenvalue weighted by Gasteiger charge is 2.33. The first-order valence-corrected chi connectivity index (χ1v) is 11.8. The Morgan fingerprint density at radius 3 is 2.31 bits per heavy atom. The first kappa shape index (κ1) is 23.2. The van der Waals surface area contributed by atoms with Gasteiger partial charge in [-0.25, -0.2) is 8.42 Å². The summed E-state index contributed by atoms with van der Waals surface area (Å²) in [5.74, 6) is -0.342. The average molecular weight is 437 g/mol. The lowest BCUT2D eigenvalue weighted by Gasteiger charge is -2.32. The van der Waals surface area contributed by atoms with Crippen LogP contribution in [0, 0.1) is 20.8 Å². The predicted octanol–water partition coefficient (Wildman–Crippen LogP) is 4.69. The molecule has 0 radical (unpaired) electrons. The molecule has 5 nitrogen and oxygen atoms in total. The Hall–Kier alpha value is -2.05. The van der Waals surface area contributed by atoms with Gasteiger partial charge >= 0.3 is 0 Å². The van der Waals surface area contributed by atoms with Crippen LogP contribution >= 0.6 is 11.6 Å². The Balaban J connectivity index is 2.41. The van der Waals surface area contributed by atoms with E-state index in [0.717, 1.165) is 28.5 Å². The Morgan fingerprint density at radius 1 is 1.10 bits per heavy atom. The van der Waals surface area contributed by atoms with Gasteiger partial charge < -0.3 is 5.32 Å². The molecule has 0 bridgehead atoms. The van der Waals surface area contributed by atoms with E-state index in [4.69, 9.17) is 11.6 Å². The minimum atomic E-state index is -3.72. The highest BCUT2D eigenvalue weighted by atomic mass is 35.5. The number of sulfonamides is 1. The summed E-state index contributed by atoms with van der Waals surface area (Å²) < 4.78 is 26.5. The van der Waals surface area contributed by atoms with Crippen LogP contribution in [0.25, 0.3) is 0 Å². The molecule has 0 heterocycles. The van der Waals surface area contributed by atoms with Crippen molar-refractivity contribution < 1.29 is 13.2 Å². The summed E-state index contributed by atoms with van der Waals surface area (Å²) in [5.41, 5.74) is 4.33. The van der Waals surface area contributed by atoms with Crippen molar-refractivity contribution in [1.29, 1.82) is 0 Å². The third-order valence-corrected chi connectivity index (χ3v) is 6.40. The molecule has 0 spiro atoms. The molecule has 29 heavy (non-hydrogen) atoms. The molecule has 2 aromatic rings. The highest BCUT2D eigenvalue weighted by molar-refractivity contribution is 7.92. The summed E-state index contributed by atoms with van der Waals surface area (Å²) in [6, 6.07) is 9.98. The van der Waals surface area contributed by atoms with Gasteiger partial charge in [-0.2, -0.15) is 0 Å². The van der Waals surface area contributed by atoms with E-state index in [-0.39, 0.29) is 11.9 Å². The van der Waals surface area contributed by atoms with Gasteiger partial charge in [0.2, 0.25) is 15.9 Å². The second-order valence-electron chi connectivity index (χ2n) is 7.50. The predicted molar refractivity (Wildman–Crippen MR) is 120 cm³/mol. The first-order chi connectivity index (χ1) is 13.5. The zero-order valence-corrected chi connectivity index (χ0v) is 19.4. The fourth-order valence-corrected chi connectivity index (χ4v) is 4.90. The van der Waals surface area contributed by atoms with Gasteiger partial charge in [-0.1, -0.05) is 48.4 Å². The topological polar surface area (TPSA) is 66.5 Å². The SMILES string of the molecule is CC[C@H](C(=O)N[C@@H](C)c1cc(C)ccc1C)N(c1cc(Cl)ccc1C)S(C)(=O)=O. The molecule has 1 amide bonds. The van der Waals surface area contributed by atoms with Gasteiger partial charge in [0.05, 0.1) is 18.0 Å². The van der Waals surface area contributed by atoms with Crippen molar-refractivity contribution in [2.45, 2.75) is 53.1 Å². The van der Waals surface area contributed by atoms with E-state index >= 15 is 0 Å². The van der Waals surface area contributed by atoms with E-state index < -0.39 is 16.1 Å². The number of nitrogens with one attached hydrogen (secondary N) is 1. The van der Waals surface area contributed by atoms with Crippen molar-refractivity contribution in [3.63, 3.8) is 0 Å². The molecule has 2 aromatic carbocycles. The lowest BCUT2D eigenvalue weighted by Crippen LogP contribution is -2.50. The standard InChI is InChI=1S/C22H29ClN2O3S/c1-7-20(22(26)24-17(5)19-12-14(2)8-9-15(19)3)25(29(6,27)28)21-13-18(23)11-10-16(21)4/h8-13,17,20H,7H2,1-6H3,(H,24,26)/t17-,20+/m0/s1. The molecule has 0 aliphatic rings. The molecule has 2 atom stereocenters. The maximum atomic E-state index is 13.2. The number of anilines is 1. The monoisotopic (exact) mass is 436 g/mol.